The highest BCUT2D eigenvalue weighted by Gasteiger charge is 2.33. The lowest BCUT2D eigenvalue weighted by atomic mass is 10.2. The van der Waals surface area contributed by atoms with Crippen molar-refractivity contribution < 1.29 is 17.4 Å². The summed E-state index contributed by atoms with van der Waals surface area (Å²) >= 11 is 9.87. The summed E-state index contributed by atoms with van der Waals surface area (Å²) in [6.45, 7) is 1.96. The average Bonchev–Trinajstić information content (AvgIpc) is 2.84. The maximum atomic E-state index is 12.9. The molecule has 9 heteroatoms. The summed E-state index contributed by atoms with van der Waals surface area (Å²) in [7, 11) is -3.70. The van der Waals surface area contributed by atoms with Crippen molar-refractivity contribution in [1.29, 1.82) is 0 Å². The van der Waals surface area contributed by atoms with Crippen LogP contribution in [-0.2, 0) is 14.9 Å². The summed E-state index contributed by atoms with van der Waals surface area (Å²) in [4.78, 5) is 14.7. The van der Waals surface area contributed by atoms with Crippen LogP contribution in [0.2, 0.25) is 0 Å². The second kappa shape index (κ2) is 7.75. The Morgan fingerprint density at radius 2 is 1.85 bits per heavy atom. The molecule has 1 fully saturated rings. The van der Waals surface area contributed by atoms with E-state index in [0.29, 0.717) is 20.5 Å². The molecule has 0 bridgehead atoms. The fraction of sp³-hybridized carbons (Fsp3) is 0.111. The Balaban J connectivity index is 1.99. The Morgan fingerprint density at radius 1 is 1.19 bits per heavy atom. The number of amides is 1. The number of rotatable bonds is 4. The van der Waals surface area contributed by atoms with E-state index in [1.165, 1.54) is 11.0 Å². The highest BCUT2D eigenvalue weighted by atomic mass is 79.9. The number of hydrogen-bond donors (Lipinski definition) is 0. The van der Waals surface area contributed by atoms with Crippen molar-refractivity contribution in [2.75, 3.05) is 11.2 Å². The van der Waals surface area contributed by atoms with E-state index in [1.54, 1.807) is 18.2 Å². The lowest BCUT2D eigenvalue weighted by Crippen LogP contribution is -2.27. The zero-order valence-corrected chi connectivity index (χ0v) is 18.3. The van der Waals surface area contributed by atoms with Gasteiger partial charge in [0.2, 0.25) is 0 Å². The smallest absolute Gasteiger partial charge is 0.306 e. The largest absolute Gasteiger partial charge is 0.382 e. The van der Waals surface area contributed by atoms with Gasteiger partial charge in [-0.3, -0.25) is 9.69 Å². The van der Waals surface area contributed by atoms with Gasteiger partial charge in [-0.2, -0.15) is 8.42 Å². The van der Waals surface area contributed by atoms with Crippen LogP contribution in [0.3, 0.4) is 0 Å². The minimum Gasteiger partial charge on any atom is -0.382 e. The molecular weight excluding hydrogens is 470 g/mol. The van der Waals surface area contributed by atoms with Gasteiger partial charge in [0.15, 0.2) is 4.32 Å². The van der Waals surface area contributed by atoms with Gasteiger partial charge in [0.05, 0.1) is 16.8 Å². The average molecular weight is 484 g/mol. The van der Waals surface area contributed by atoms with Crippen molar-refractivity contribution in [3.8, 4) is 5.75 Å². The van der Waals surface area contributed by atoms with Crippen LogP contribution in [0, 0.1) is 6.92 Å². The van der Waals surface area contributed by atoms with Gasteiger partial charge in [0.1, 0.15) is 5.75 Å². The lowest BCUT2D eigenvalue weighted by Gasteiger charge is -2.14. The summed E-state index contributed by atoms with van der Waals surface area (Å²) in [5.41, 5.74) is 2.23. The Labute approximate surface area is 175 Å². The molecule has 140 valence electrons. The minimum absolute atomic E-state index is 0.140. The number of halogens is 1. The molecule has 0 radical (unpaired) electrons. The van der Waals surface area contributed by atoms with Crippen LogP contribution < -0.4 is 9.08 Å². The molecule has 5 nitrogen and oxygen atoms in total. The number of thioether (sulfide) groups is 1. The summed E-state index contributed by atoms with van der Waals surface area (Å²) < 4.78 is 29.2. The molecule has 1 aliphatic rings. The monoisotopic (exact) mass is 483 g/mol. The molecule has 3 rings (SSSR count). The first-order valence-electron chi connectivity index (χ1n) is 7.68. The number of anilines is 1. The van der Waals surface area contributed by atoms with Crippen LogP contribution in [0.4, 0.5) is 5.69 Å². The van der Waals surface area contributed by atoms with E-state index in [-0.39, 0.29) is 11.7 Å². The van der Waals surface area contributed by atoms with Crippen LogP contribution in [0.25, 0.3) is 6.08 Å². The summed E-state index contributed by atoms with van der Waals surface area (Å²) in [6.07, 6.45) is 2.55. The third-order valence-electron chi connectivity index (χ3n) is 3.59. The van der Waals surface area contributed by atoms with Gasteiger partial charge in [-0.05, 0) is 43.3 Å². The molecule has 1 aliphatic heterocycles. The standard InChI is InChI=1S/C18H14BrNO4S3/c1-11-3-6-14(7-4-11)20-17(21)16(26-18(20)25)10-12-9-13(19)5-8-15(12)24-27(2,22)23/h3-10H,1-2H3/b16-10+. The Bertz CT molecular complexity index is 1060. The van der Waals surface area contributed by atoms with Gasteiger partial charge >= 0.3 is 10.1 Å². The Morgan fingerprint density at radius 3 is 2.48 bits per heavy atom. The van der Waals surface area contributed by atoms with Crippen LogP contribution in [0.15, 0.2) is 51.8 Å². The Kier molecular flexibility index (Phi) is 5.76. The molecule has 2 aromatic carbocycles. The fourth-order valence-electron chi connectivity index (χ4n) is 2.40. The normalized spacial score (nSPS) is 16.3. The molecule has 0 aliphatic carbocycles. The quantitative estimate of drug-likeness (QED) is 0.362. The maximum absolute atomic E-state index is 12.9. The fourth-order valence-corrected chi connectivity index (χ4v) is 4.54. The SMILES string of the molecule is Cc1ccc(N2C(=O)/C(=C\c3cc(Br)ccc3OS(C)(=O)=O)SC2=S)cc1. The molecule has 0 atom stereocenters. The topological polar surface area (TPSA) is 63.7 Å². The molecule has 0 N–H and O–H groups in total. The first kappa shape index (κ1) is 20.1. The van der Waals surface area contributed by atoms with Gasteiger partial charge in [-0.15, -0.1) is 0 Å². The van der Waals surface area contributed by atoms with Gasteiger partial charge in [0, 0.05) is 10.0 Å². The zero-order valence-electron chi connectivity index (χ0n) is 14.3. The molecule has 1 amide bonds. The van der Waals surface area contributed by atoms with Gasteiger partial charge in [-0.25, -0.2) is 0 Å². The van der Waals surface area contributed by atoms with Crippen LogP contribution in [0.5, 0.6) is 5.75 Å². The van der Waals surface area contributed by atoms with Crippen LogP contribution in [-0.4, -0.2) is 24.9 Å². The molecular formula is C18H14BrNO4S3. The van der Waals surface area contributed by atoms with Gasteiger partial charge in [-0.1, -0.05) is 57.6 Å². The number of thiocarbonyl (C=S) groups is 1. The number of carbonyl (C=O) groups is 1. The van der Waals surface area contributed by atoms with E-state index in [9.17, 15) is 13.2 Å². The number of hydrogen-bond acceptors (Lipinski definition) is 6. The van der Waals surface area contributed by atoms with Crippen molar-refractivity contribution in [3.05, 3.63) is 63.0 Å². The summed E-state index contributed by atoms with van der Waals surface area (Å²) in [5, 5.41) is 0. The number of nitrogens with zero attached hydrogens (tertiary/aromatic N) is 1. The van der Waals surface area contributed by atoms with E-state index in [1.807, 2.05) is 31.2 Å². The third-order valence-corrected chi connectivity index (χ3v) is 5.86. The molecule has 1 heterocycles. The predicted octanol–water partition coefficient (Wildman–Crippen LogP) is 4.50. The second-order valence-corrected chi connectivity index (χ2v) is 9.99. The number of aryl methyl sites for hydroxylation is 1. The predicted molar refractivity (Wildman–Crippen MR) is 116 cm³/mol. The lowest BCUT2D eigenvalue weighted by molar-refractivity contribution is -0.113. The van der Waals surface area contributed by atoms with Crippen molar-refractivity contribution >= 4 is 72.0 Å². The van der Waals surface area contributed by atoms with Crippen molar-refractivity contribution in [2.45, 2.75) is 6.92 Å². The van der Waals surface area contributed by atoms with Crippen molar-refractivity contribution in [3.63, 3.8) is 0 Å². The van der Waals surface area contributed by atoms with Crippen LogP contribution in [0.1, 0.15) is 11.1 Å². The number of carbonyl (C=O) groups excluding carboxylic acids is 1. The van der Waals surface area contributed by atoms with Crippen molar-refractivity contribution in [1.82, 2.24) is 0 Å². The molecule has 2 aromatic rings. The third kappa shape index (κ3) is 4.78. The van der Waals surface area contributed by atoms with E-state index in [4.69, 9.17) is 16.4 Å². The molecule has 0 aromatic heterocycles. The van der Waals surface area contributed by atoms with E-state index in [0.717, 1.165) is 28.1 Å². The van der Waals surface area contributed by atoms with E-state index < -0.39 is 10.1 Å². The van der Waals surface area contributed by atoms with Gasteiger partial charge in [0.25, 0.3) is 5.91 Å². The summed E-state index contributed by atoms with van der Waals surface area (Å²) in [5.74, 6) is -0.125. The molecule has 27 heavy (non-hydrogen) atoms. The van der Waals surface area contributed by atoms with Crippen LogP contribution >= 0.6 is 39.9 Å². The molecule has 0 saturated carbocycles. The molecule has 0 unspecified atom stereocenters. The van der Waals surface area contributed by atoms with Crippen molar-refractivity contribution in [2.24, 2.45) is 0 Å². The zero-order chi connectivity index (χ0) is 19.8. The highest BCUT2D eigenvalue weighted by Crippen LogP contribution is 2.37. The maximum Gasteiger partial charge on any atom is 0.306 e. The molecule has 1 saturated heterocycles. The van der Waals surface area contributed by atoms with E-state index >= 15 is 0 Å². The first-order chi connectivity index (χ1) is 12.6. The van der Waals surface area contributed by atoms with E-state index in [2.05, 4.69) is 15.9 Å². The summed E-state index contributed by atoms with van der Waals surface area (Å²) in [6, 6.07) is 12.3. The Hall–Kier alpha value is -1.68. The highest BCUT2D eigenvalue weighted by molar-refractivity contribution is 9.10. The molecule has 0 spiro atoms. The minimum atomic E-state index is -3.70. The van der Waals surface area contributed by atoms with Gasteiger partial charge < -0.3 is 4.18 Å². The first-order valence-corrected chi connectivity index (χ1v) is 11.5. The second-order valence-electron chi connectivity index (χ2n) is 5.82. The number of benzene rings is 2.